The van der Waals surface area contributed by atoms with E-state index in [1.807, 2.05) is 0 Å². The van der Waals surface area contributed by atoms with Gasteiger partial charge in [-0.1, -0.05) is 11.6 Å². The van der Waals surface area contributed by atoms with E-state index in [2.05, 4.69) is 15.5 Å². The van der Waals surface area contributed by atoms with Crippen molar-refractivity contribution >= 4 is 17.6 Å². The van der Waals surface area contributed by atoms with E-state index in [1.54, 1.807) is 0 Å². The molecule has 0 aliphatic heterocycles. The third kappa shape index (κ3) is 3.76. The fourth-order valence-corrected chi connectivity index (χ4v) is 2.79. The number of hydrogen-bond acceptors (Lipinski definition) is 6. The minimum atomic E-state index is -4.89. The molecule has 0 saturated carbocycles. The molecule has 2 heterocycles. The number of tetrazole rings is 1. The van der Waals surface area contributed by atoms with Crippen molar-refractivity contribution in [1.29, 1.82) is 0 Å². The normalized spacial score (nSPS) is 11.6. The van der Waals surface area contributed by atoms with Crippen molar-refractivity contribution in [3.8, 4) is 17.1 Å². The summed E-state index contributed by atoms with van der Waals surface area (Å²) in [6.45, 7) is -0.592. The van der Waals surface area contributed by atoms with Gasteiger partial charge in [0.25, 0.3) is 5.56 Å². The molecule has 0 radical (unpaired) electrons. The Hall–Kier alpha value is -3.48. The van der Waals surface area contributed by atoms with Crippen LogP contribution in [-0.4, -0.2) is 40.4 Å². The summed E-state index contributed by atoms with van der Waals surface area (Å²) in [5.74, 6) is -1.31. The molecule has 0 saturated heterocycles. The van der Waals surface area contributed by atoms with Gasteiger partial charge in [-0.3, -0.25) is 14.2 Å². The number of benzene rings is 1. The zero-order valence-electron chi connectivity index (χ0n) is 14.4. The van der Waals surface area contributed by atoms with Gasteiger partial charge in [0.05, 0.1) is 10.7 Å². The second-order valence-electron chi connectivity index (χ2n) is 5.76. The Labute approximate surface area is 163 Å². The van der Waals surface area contributed by atoms with Crippen LogP contribution in [0.25, 0.3) is 17.1 Å². The summed E-state index contributed by atoms with van der Waals surface area (Å²) in [5.41, 5.74) is -3.87. The van der Waals surface area contributed by atoms with Crippen LogP contribution in [-0.2, 0) is 24.6 Å². The maximum atomic E-state index is 13.0. The second-order valence-corrected chi connectivity index (χ2v) is 6.17. The number of alkyl halides is 3. The average molecular weight is 431 g/mol. The van der Waals surface area contributed by atoms with Gasteiger partial charge >= 0.3 is 17.8 Å². The van der Waals surface area contributed by atoms with Crippen LogP contribution >= 0.6 is 11.6 Å². The summed E-state index contributed by atoms with van der Waals surface area (Å²) in [4.78, 5) is 35.6. The van der Waals surface area contributed by atoms with Crippen molar-refractivity contribution in [2.45, 2.75) is 12.7 Å². The summed E-state index contributed by atoms with van der Waals surface area (Å²) in [6, 6.07) is 4.01. The van der Waals surface area contributed by atoms with Gasteiger partial charge in [-0.05, 0) is 28.6 Å². The number of hydrogen-bond donors (Lipinski definition) is 1. The molecular weight excluding hydrogens is 421 g/mol. The van der Waals surface area contributed by atoms with E-state index < -0.39 is 35.6 Å². The van der Waals surface area contributed by atoms with E-state index in [0.29, 0.717) is 15.2 Å². The SMILES string of the molecule is Cn1c(C(F)(F)F)cc(=O)n(-c2ccc(Cl)c(-c3nnnn3CC(=O)O)c2)c1=O. The number of halogens is 4. The summed E-state index contributed by atoms with van der Waals surface area (Å²) in [6.07, 6.45) is -4.89. The fourth-order valence-electron chi connectivity index (χ4n) is 2.59. The first kappa shape index (κ1) is 20.3. The summed E-state index contributed by atoms with van der Waals surface area (Å²) in [7, 11) is 0.880. The Morgan fingerprint density at radius 1 is 1.24 bits per heavy atom. The number of nitrogens with zero attached hydrogens (tertiary/aromatic N) is 6. The predicted molar refractivity (Wildman–Crippen MR) is 91.7 cm³/mol. The lowest BCUT2D eigenvalue weighted by atomic mass is 10.2. The van der Waals surface area contributed by atoms with Crippen LogP contribution in [0, 0.1) is 0 Å². The van der Waals surface area contributed by atoms with Crippen molar-refractivity contribution in [2.75, 3.05) is 0 Å². The molecule has 0 aliphatic rings. The second kappa shape index (κ2) is 7.16. The topological polar surface area (TPSA) is 125 Å². The smallest absolute Gasteiger partial charge is 0.431 e. The van der Waals surface area contributed by atoms with E-state index in [-0.39, 0.29) is 22.1 Å². The Morgan fingerprint density at radius 3 is 2.55 bits per heavy atom. The van der Waals surface area contributed by atoms with Crippen molar-refractivity contribution in [2.24, 2.45) is 7.05 Å². The molecule has 0 aliphatic carbocycles. The summed E-state index contributed by atoms with van der Waals surface area (Å²) < 4.78 is 40.7. The number of aromatic nitrogens is 6. The highest BCUT2D eigenvalue weighted by atomic mass is 35.5. The molecule has 2 aromatic heterocycles. The molecule has 152 valence electrons. The molecule has 3 aromatic rings. The average Bonchev–Trinajstić information content (AvgIpc) is 3.05. The molecule has 0 spiro atoms. The molecule has 1 N–H and O–H groups in total. The van der Waals surface area contributed by atoms with Gasteiger partial charge in [0.1, 0.15) is 12.2 Å². The molecule has 0 fully saturated rings. The van der Waals surface area contributed by atoms with Crippen molar-refractivity contribution in [3.63, 3.8) is 0 Å². The lowest BCUT2D eigenvalue weighted by Crippen LogP contribution is -2.40. The van der Waals surface area contributed by atoms with E-state index in [4.69, 9.17) is 16.7 Å². The van der Waals surface area contributed by atoms with Gasteiger partial charge in [-0.25, -0.2) is 14.0 Å². The van der Waals surface area contributed by atoms with Gasteiger partial charge < -0.3 is 5.11 Å². The highest BCUT2D eigenvalue weighted by molar-refractivity contribution is 6.33. The third-order valence-corrected chi connectivity index (χ3v) is 4.21. The molecule has 3 rings (SSSR count). The van der Waals surface area contributed by atoms with Crippen LogP contribution in [0.1, 0.15) is 5.69 Å². The summed E-state index contributed by atoms with van der Waals surface area (Å²) in [5, 5.41) is 19.5. The van der Waals surface area contributed by atoms with Gasteiger partial charge in [0.15, 0.2) is 5.82 Å². The molecule has 0 amide bonds. The first-order chi connectivity index (χ1) is 13.5. The lowest BCUT2D eigenvalue weighted by Gasteiger charge is -2.14. The third-order valence-electron chi connectivity index (χ3n) is 3.88. The predicted octanol–water partition coefficient (Wildman–Crippen LogP) is 0.946. The van der Waals surface area contributed by atoms with Crippen molar-refractivity contribution in [3.05, 3.63) is 55.8 Å². The Bertz CT molecular complexity index is 1230. The Kier molecular flexibility index (Phi) is 5.00. The number of carbonyl (C=O) groups is 1. The van der Waals surface area contributed by atoms with Crippen LogP contribution < -0.4 is 11.2 Å². The minimum absolute atomic E-state index is 0.0620. The molecule has 0 unspecified atom stereocenters. The van der Waals surface area contributed by atoms with Gasteiger partial charge in [0.2, 0.25) is 0 Å². The highest BCUT2D eigenvalue weighted by Crippen LogP contribution is 2.29. The maximum Gasteiger partial charge on any atom is 0.431 e. The molecule has 10 nitrogen and oxygen atoms in total. The Balaban J connectivity index is 2.21. The van der Waals surface area contributed by atoms with Gasteiger partial charge in [-0.2, -0.15) is 13.2 Å². The van der Waals surface area contributed by atoms with E-state index in [0.717, 1.165) is 11.7 Å². The van der Waals surface area contributed by atoms with Crippen molar-refractivity contribution in [1.82, 2.24) is 29.3 Å². The maximum absolute atomic E-state index is 13.0. The number of carboxylic acid groups (broad SMARTS) is 1. The zero-order chi connectivity index (χ0) is 21.5. The summed E-state index contributed by atoms with van der Waals surface area (Å²) >= 11 is 6.10. The van der Waals surface area contributed by atoms with Crippen LogP contribution in [0.5, 0.6) is 0 Å². The molecule has 1 aromatic carbocycles. The highest BCUT2D eigenvalue weighted by Gasteiger charge is 2.35. The number of rotatable bonds is 4. The molecule has 0 atom stereocenters. The zero-order valence-corrected chi connectivity index (χ0v) is 15.1. The molecular formula is C15H10ClF3N6O4. The number of aliphatic carboxylic acids is 1. The molecule has 0 bridgehead atoms. The van der Waals surface area contributed by atoms with E-state index in [1.165, 1.54) is 18.2 Å². The minimum Gasteiger partial charge on any atom is -0.480 e. The molecule has 29 heavy (non-hydrogen) atoms. The first-order valence-electron chi connectivity index (χ1n) is 7.69. The first-order valence-corrected chi connectivity index (χ1v) is 8.07. The van der Waals surface area contributed by atoms with Crippen LogP contribution in [0.4, 0.5) is 13.2 Å². The fraction of sp³-hybridized carbons (Fsp3) is 0.200. The van der Waals surface area contributed by atoms with Crippen LogP contribution in [0.2, 0.25) is 5.02 Å². The van der Waals surface area contributed by atoms with Crippen LogP contribution in [0.15, 0.2) is 33.9 Å². The largest absolute Gasteiger partial charge is 0.480 e. The standard InChI is InChI=1S/C15H10ClF3N6O4/c1-23-10(15(17,18)19)5-11(26)25(14(23)29)7-2-3-9(16)8(4-7)13-20-21-22-24(13)6-12(27)28/h2-5H,6H2,1H3,(H,27,28). The quantitative estimate of drug-likeness (QED) is 0.653. The van der Waals surface area contributed by atoms with E-state index >= 15 is 0 Å². The Morgan fingerprint density at radius 2 is 1.93 bits per heavy atom. The number of carboxylic acids is 1. The van der Waals surface area contributed by atoms with Crippen LogP contribution in [0.3, 0.4) is 0 Å². The van der Waals surface area contributed by atoms with Gasteiger partial charge in [-0.15, -0.1) is 5.10 Å². The lowest BCUT2D eigenvalue weighted by molar-refractivity contribution is -0.144. The van der Waals surface area contributed by atoms with E-state index in [9.17, 15) is 27.6 Å². The monoisotopic (exact) mass is 430 g/mol. The van der Waals surface area contributed by atoms with Crippen molar-refractivity contribution < 1.29 is 23.1 Å². The van der Waals surface area contributed by atoms with Gasteiger partial charge in [0, 0.05) is 18.7 Å². The molecule has 14 heteroatoms.